The normalized spacial score (nSPS) is 16.0. The Balaban J connectivity index is 1.62. The van der Waals surface area contributed by atoms with E-state index in [0.29, 0.717) is 16.4 Å². The van der Waals surface area contributed by atoms with Crippen LogP contribution in [-0.2, 0) is 13.1 Å². The average Bonchev–Trinajstić information content (AvgIpc) is 3.26. The summed E-state index contributed by atoms with van der Waals surface area (Å²) in [6.07, 6.45) is 3.19. The van der Waals surface area contributed by atoms with E-state index in [1.807, 2.05) is 43.0 Å². The van der Waals surface area contributed by atoms with Crippen LogP contribution in [0.25, 0.3) is 10.9 Å². The molecule has 1 amide bonds. The van der Waals surface area contributed by atoms with Crippen molar-refractivity contribution < 1.29 is 13.6 Å². The SMILES string of the molecule is Cc1c(C(=O)NCc2cc(F)cc(F)c2)c2ccccc2n1CC1CC=CS1. The van der Waals surface area contributed by atoms with Gasteiger partial charge in [-0.3, -0.25) is 4.79 Å². The third-order valence-electron chi connectivity index (χ3n) is 4.99. The molecular weight excluding hydrogens is 378 g/mol. The molecular formula is C22H20F2N2OS. The second-order valence-corrected chi connectivity index (χ2v) is 8.13. The summed E-state index contributed by atoms with van der Waals surface area (Å²) >= 11 is 1.81. The molecule has 0 aliphatic carbocycles. The van der Waals surface area contributed by atoms with E-state index in [4.69, 9.17) is 0 Å². The van der Waals surface area contributed by atoms with Crippen LogP contribution < -0.4 is 5.32 Å². The maximum absolute atomic E-state index is 13.4. The zero-order chi connectivity index (χ0) is 19.7. The van der Waals surface area contributed by atoms with Crippen LogP contribution >= 0.6 is 11.8 Å². The van der Waals surface area contributed by atoms with Gasteiger partial charge in [0.2, 0.25) is 0 Å². The minimum Gasteiger partial charge on any atom is -0.348 e. The van der Waals surface area contributed by atoms with Gasteiger partial charge in [-0.25, -0.2) is 8.78 Å². The lowest BCUT2D eigenvalue weighted by atomic mass is 10.1. The van der Waals surface area contributed by atoms with E-state index in [1.165, 1.54) is 12.1 Å². The van der Waals surface area contributed by atoms with Crippen molar-refractivity contribution in [3.05, 3.63) is 82.4 Å². The van der Waals surface area contributed by atoms with Crippen molar-refractivity contribution in [1.82, 2.24) is 9.88 Å². The summed E-state index contributed by atoms with van der Waals surface area (Å²) in [5.41, 5.74) is 2.93. The van der Waals surface area contributed by atoms with Crippen LogP contribution in [0.2, 0.25) is 0 Å². The Labute approximate surface area is 166 Å². The van der Waals surface area contributed by atoms with Gasteiger partial charge in [0.05, 0.1) is 5.56 Å². The minimum absolute atomic E-state index is 0.0643. The molecule has 0 bridgehead atoms. The molecule has 0 saturated heterocycles. The van der Waals surface area contributed by atoms with Crippen molar-refractivity contribution in [2.24, 2.45) is 0 Å². The maximum Gasteiger partial charge on any atom is 0.254 e. The molecule has 2 heterocycles. The van der Waals surface area contributed by atoms with Crippen molar-refractivity contribution in [2.45, 2.75) is 31.7 Å². The van der Waals surface area contributed by atoms with Crippen molar-refractivity contribution in [2.75, 3.05) is 0 Å². The molecule has 1 atom stereocenters. The van der Waals surface area contributed by atoms with Crippen LogP contribution in [0.5, 0.6) is 0 Å². The number of carbonyl (C=O) groups is 1. The van der Waals surface area contributed by atoms with Gasteiger partial charge in [-0.2, -0.15) is 0 Å². The van der Waals surface area contributed by atoms with Crippen molar-refractivity contribution in [1.29, 1.82) is 0 Å². The van der Waals surface area contributed by atoms with Gasteiger partial charge in [-0.05, 0) is 42.5 Å². The molecule has 144 valence electrons. The number of aromatic nitrogens is 1. The van der Waals surface area contributed by atoms with Gasteiger partial charge in [0.1, 0.15) is 11.6 Å². The third kappa shape index (κ3) is 3.69. The van der Waals surface area contributed by atoms with E-state index in [9.17, 15) is 13.6 Å². The first-order valence-corrected chi connectivity index (χ1v) is 10.1. The summed E-state index contributed by atoms with van der Waals surface area (Å²) in [4.78, 5) is 12.9. The Morgan fingerprint density at radius 1 is 1.21 bits per heavy atom. The molecule has 1 unspecified atom stereocenters. The lowest BCUT2D eigenvalue weighted by Gasteiger charge is -2.13. The molecule has 28 heavy (non-hydrogen) atoms. The molecule has 0 spiro atoms. The van der Waals surface area contributed by atoms with Gasteiger partial charge < -0.3 is 9.88 Å². The van der Waals surface area contributed by atoms with Gasteiger partial charge >= 0.3 is 0 Å². The number of carbonyl (C=O) groups excluding carboxylic acids is 1. The van der Waals surface area contributed by atoms with E-state index in [-0.39, 0.29) is 12.5 Å². The Morgan fingerprint density at radius 2 is 1.96 bits per heavy atom. The van der Waals surface area contributed by atoms with E-state index in [0.717, 1.165) is 35.6 Å². The van der Waals surface area contributed by atoms with Gasteiger partial charge in [0.25, 0.3) is 5.91 Å². The standard InChI is InChI=1S/C22H20F2N2OS/c1-14-21(22(27)25-12-15-9-16(23)11-17(24)10-15)19-6-2-3-7-20(19)26(14)13-18-5-4-8-28-18/h2-4,6-11,18H,5,12-13H2,1H3,(H,25,27). The fraction of sp³-hybridized carbons (Fsp3) is 0.227. The fourth-order valence-electron chi connectivity index (χ4n) is 3.69. The monoisotopic (exact) mass is 398 g/mol. The number of allylic oxidation sites excluding steroid dienone is 1. The topological polar surface area (TPSA) is 34.0 Å². The summed E-state index contributed by atoms with van der Waals surface area (Å²) in [5.74, 6) is -1.55. The number of para-hydroxylation sites is 1. The van der Waals surface area contributed by atoms with Crippen molar-refractivity contribution >= 4 is 28.6 Å². The lowest BCUT2D eigenvalue weighted by Crippen LogP contribution is -2.24. The van der Waals surface area contributed by atoms with Crippen molar-refractivity contribution in [3.63, 3.8) is 0 Å². The van der Waals surface area contributed by atoms with E-state index < -0.39 is 11.6 Å². The van der Waals surface area contributed by atoms with E-state index in [1.54, 1.807) is 0 Å². The van der Waals surface area contributed by atoms with Gasteiger partial charge in [-0.15, -0.1) is 11.8 Å². The Morgan fingerprint density at radius 3 is 2.68 bits per heavy atom. The molecule has 1 aliphatic heterocycles. The summed E-state index contributed by atoms with van der Waals surface area (Å²) < 4.78 is 29.0. The summed E-state index contributed by atoms with van der Waals surface area (Å²) in [6.45, 7) is 2.84. The van der Waals surface area contributed by atoms with E-state index in [2.05, 4.69) is 21.4 Å². The molecule has 2 aromatic carbocycles. The highest BCUT2D eigenvalue weighted by molar-refractivity contribution is 8.02. The quantitative estimate of drug-likeness (QED) is 0.643. The van der Waals surface area contributed by atoms with Crippen LogP contribution in [0.4, 0.5) is 8.78 Å². The second-order valence-electron chi connectivity index (χ2n) is 6.91. The van der Waals surface area contributed by atoms with Crippen LogP contribution in [0, 0.1) is 18.6 Å². The number of halogens is 2. The van der Waals surface area contributed by atoms with Gasteiger partial charge in [0.15, 0.2) is 0 Å². The zero-order valence-corrected chi connectivity index (χ0v) is 16.2. The molecule has 6 heteroatoms. The predicted octanol–water partition coefficient (Wildman–Crippen LogP) is 5.18. The van der Waals surface area contributed by atoms with Crippen LogP contribution in [0.3, 0.4) is 0 Å². The highest BCUT2D eigenvalue weighted by Gasteiger charge is 2.22. The molecule has 3 nitrogen and oxygen atoms in total. The van der Waals surface area contributed by atoms with E-state index >= 15 is 0 Å². The smallest absolute Gasteiger partial charge is 0.254 e. The molecule has 1 aliphatic rings. The minimum atomic E-state index is -0.653. The lowest BCUT2D eigenvalue weighted by molar-refractivity contribution is 0.0951. The van der Waals surface area contributed by atoms with Gasteiger partial charge in [0, 0.05) is 41.0 Å². The Bertz CT molecular complexity index is 1050. The molecule has 0 radical (unpaired) electrons. The maximum atomic E-state index is 13.4. The second kappa shape index (κ2) is 7.80. The first kappa shape index (κ1) is 18.7. The molecule has 1 aromatic heterocycles. The molecule has 4 rings (SSSR count). The zero-order valence-electron chi connectivity index (χ0n) is 15.4. The molecule has 0 saturated carbocycles. The number of amides is 1. The van der Waals surface area contributed by atoms with Gasteiger partial charge in [-0.1, -0.05) is 24.3 Å². The average molecular weight is 398 g/mol. The number of hydrogen-bond acceptors (Lipinski definition) is 2. The largest absolute Gasteiger partial charge is 0.348 e. The number of thioether (sulfide) groups is 1. The first-order valence-electron chi connectivity index (χ1n) is 9.14. The summed E-state index contributed by atoms with van der Waals surface area (Å²) in [6, 6.07) is 11.1. The highest BCUT2D eigenvalue weighted by atomic mass is 32.2. The first-order chi connectivity index (χ1) is 13.5. The third-order valence-corrected chi connectivity index (χ3v) is 6.06. The predicted molar refractivity (Wildman–Crippen MR) is 109 cm³/mol. The van der Waals surface area contributed by atoms with Crippen LogP contribution in [0.1, 0.15) is 28.0 Å². The number of benzene rings is 2. The Kier molecular flexibility index (Phi) is 5.22. The number of nitrogens with zero attached hydrogens (tertiary/aromatic N) is 1. The molecule has 0 fully saturated rings. The number of nitrogens with one attached hydrogen (secondary N) is 1. The summed E-state index contributed by atoms with van der Waals surface area (Å²) in [5, 5.41) is 6.28. The highest BCUT2D eigenvalue weighted by Crippen LogP contribution is 2.31. The fourth-order valence-corrected chi connectivity index (χ4v) is 4.59. The number of hydrogen-bond donors (Lipinski definition) is 1. The Hall–Kier alpha value is -2.60. The molecule has 3 aromatic rings. The van der Waals surface area contributed by atoms with Crippen molar-refractivity contribution in [3.8, 4) is 0 Å². The van der Waals surface area contributed by atoms with Crippen LogP contribution in [-0.4, -0.2) is 15.7 Å². The van der Waals surface area contributed by atoms with Crippen LogP contribution in [0.15, 0.2) is 53.9 Å². The summed E-state index contributed by atoms with van der Waals surface area (Å²) in [7, 11) is 0. The number of rotatable bonds is 5. The number of fused-ring (bicyclic) bond motifs is 1. The molecule has 1 N–H and O–H groups in total.